The standard InChI is InChI=1S/C20H26N2O2/c1-15-13-18(24-3)6-7-19(15)17-5-4-10-22(14-17)20(23)16-8-11-21(2)12-9-16/h6-9,11,13,17H,4-5,10,12,14H2,1-3H3. The van der Waals surface area contributed by atoms with E-state index < -0.39 is 0 Å². The molecule has 4 nitrogen and oxygen atoms in total. The average molecular weight is 326 g/mol. The van der Waals surface area contributed by atoms with Gasteiger partial charge in [-0.05, 0) is 55.3 Å². The van der Waals surface area contributed by atoms with E-state index in [4.69, 9.17) is 4.74 Å². The largest absolute Gasteiger partial charge is 0.497 e. The Balaban J connectivity index is 1.73. The molecule has 1 fully saturated rings. The first-order valence-electron chi connectivity index (χ1n) is 8.61. The molecule has 1 unspecified atom stereocenters. The molecule has 1 amide bonds. The number of piperidine rings is 1. The van der Waals surface area contributed by atoms with Crippen LogP contribution in [0.3, 0.4) is 0 Å². The van der Waals surface area contributed by atoms with Gasteiger partial charge in [0.2, 0.25) is 0 Å². The number of nitrogens with zero attached hydrogens (tertiary/aromatic N) is 2. The maximum absolute atomic E-state index is 12.8. The first-order chi connectivity index (χ1) is 11.6. The normalized spacial score (nSPS) is 20.8. The van der Waals surface area contributed by atoms with Crippen LogP contribution in [0.5, 0.6) is 5.75 Å². The molecular formula is C20H26N2O2. The summed E-state index contributed by atoms with van der Waals surface area (Å²) in [6.45, 7) is 4.58. The molecule has 1 saturated heterocycles. The molecule has 0 aromatic heterocycles. The fourth-order valence-corrected chi connectivity index (χ4v) is 3.57. The Labute approximate surface area is 144 Å². The maximum atomic E-state index is 12.8. The molecule has 0 N–H and O–H groups in total. The summed E-state index contributed by atoms with van der Waals surface area (Å²) in [7, 11) is 3.70. The van der Waals surface area contributed by atoms with Gasteiger partial charge in [0, 0.05) is 38.2 Å². The molecule has 0 bridgehead atoms. The van der Waals surface area contributed by atoms with E-state index in [-0.39, 0.29) is 5.91 Å². The average Bonchev–Trinajstić information content (AvgIpc) is 2.61. The molecule has 0 spiro atoms. The van der Waals surface area contributed by atoms with Gasteiger partial charge in [0.1, 0.15) is 5.75 Å². The molecule has 1 atom stereocenters. The lowest BCUT2D eigenvalue weighted by Gasteiger charge is -2.34. The Morgan fingerprint density at radius 3 is 2.83 bits per heavy atom. The van der Waals surface area contributed by atoms with Crippen molar-refractivity contribution in [1.29, 1.82) is 0 Å². The minimum absolute atomic E-state index is 0.162. The predicted octanol–water partition coefficient (Wildman–Crippen LogP) is 3.10. The number of hydrogen-bond acceptors (Lipinski definition) is 3. The summed E-state index contributed by atoms with van der Waals surface area (Å²) < 4.78 is 5.30. The van der Waals surface area contributed by atoms with Crippen molar-refractivity contribution in [3.05, 3.63) is 53.3 Å². The number of likely N-dealkylation sites (N-methyl/N-ethyl adjacent to an activating group) is 1. The molecule has 0 saturated carbocycles. The molecule has 1 aromatic carbocycles. The molecule has 24 heavy (non-hydrogen) atoms. The number of methoxy groups -OCH3 is 1. The number of amides is 1. The smallest absolute Gasteiger partial charge is 0.253 e. The van der Waals surface area contributed by atoms with E-state index in [1.54, 1.807) is 7.11 Å². The third-order valence-electron chi connectivity index (χ3n) is 4.98. The Morgan fingerprint density at radius 2 is 2.17 bits per heavy atom. The molecule has 4 heteroatoms. The third-order valence-corrected chi connectivity index (χ3v) is 4.98. The van der Waals surface area contributed by atoms with Gasteiger partial charge in [0.25, 0.3) is 5.91 Å². The van der Waals surface area contributed by atoms with Gasteiger partial charge in [-0.1, -0.05) is 12.1 Å². The zero-order chi connectivity index (χ0) is 17.1. The summed E-state index contributed by atoms with van der Waals surface area (Å²) in [5.74, 6) is 1.46. The van der Waals surface area contributed by atoms with Crippen molar-refractivity contribution in [3.63, 3.8) is 0 Å². The predicted molar refractivity (Wildman–Crippen MR) is 96.1 cm³/mol. The SMILES string of the molecule is COc1ccc(C2CCCN(C(=O)C3=CCN(C)C=C3)C2)c(C)c1. The zero-order valence-corrected chi connectivity index (χ0v) is 14.8. The fraction of sp³-hybridized carbons (Fsp3) is 0.450. The molecule has 1 aromatic rings. The van der Waals surface area contributed by atoms with Crippen LogP contribution in [0.4, 0.5) is 0 Å². The van der Waals surface area contributed by atoms with E-state index in [2.05, 4.69) is 24.0 Å². The Hall–Kier alpha value is -2.23. The van der Waals surface area contributed by atoms with Crippen molar-refractivity contribution in [1.82, 2.24) is 9.80 Å². The van der Waals surface area contributed by atoms with E-state index in [0.717, 1.165) is 43.8 Å². The number of rotatable bonds is 3. The molecular weight excluding hydrogens is 300 g/mol. The van der Waals surface area contributed by atoms with Crippen molar-refractivity contribution in [2.24, 2.45) is 0 Å². The fourth-order valence-electron chi connectivity index (χ4n) is 3.57. The second-order valence-electron chi connectivity index (χ2n) is 6.73. The topological polar surface area (TPSA) is 32.8 Å². The number of hydrogen-bond donors (Lipinski definition) is 0. The van der Waals surface area contributed by atoms with Crippen LogP contribution >= 0.6 is 0 Å². The molecule has 0 radical (unpaired) electrons. The van der Waals surface area contributed by atoms with Gasteiger partial charge in [-0.15, -0.1) is 0 Å². The lowest BCUT2D eigenvalue weighted by molar-refractivity contribution is -0.128. The van der Waals surface area contributed by atoms with Gasteiger partial charge in [-0.3, -0.25) is 4.79 Å². The number of likely N-dealkylation sites (tertiary alicyclic amines) is 1. The van der Waals surface area contributed by atoms with Crippen LogP contribution in [0, 0.1) is 6.92 Å². The monoisotopic (exact) mass is 326 g/mol. The van der Waals surface area contributed by atoms with Crippen LogP contribution in [-0.2, 0) is 4.79 Å². The van der Waals surface area contributed by atoms with Crippen molar-refractivity contribution in [2.75, 3.05) is 33.8 Å². The minimum Gasteiger partial charge on any atom is -0.497 e. The highest BCUT2D eigenvalue weighted by atomic mass is 16.5. The minimum atomic E-state index is 0.162. The van der Waals surface area contributed by atoms with Crippen LogP contribution in [0.2, 0.25) is 0 Å². The second kappa shape index (κ2) is 7.12. The van der Waals surface area contributed by atoms with Gasteiger partial charge < -0.3 is 14.5 Å². The number of carbonyl (C=O) groups is 1. The van der Waals surface area contributed by atoms with Crippen molar-refractivity contribution in [3.8, 4) is 5.75 Å². The van der Waals surface area contributed by atoms with E-state index in [9.17, 15) is 4.79 Å². The number of ether oxygens (including phenoxy) is 1. The lowest BCUT2D eigenvalue weighted by Crippen LogP contribution is -2.40. The molecule has 3 rings (SSSR count). The first-order valence-corrected chi connectivity index (χ1v) is 8.61. The summed E-state index contributed by atoms with van der Waals surface area (Å²) >= 11 is 0. The summed E-state index contributed by atoms with van der Waals surface area (Å²) in [6, 6.07) is 6.26. The molecule has 128 valence electrons. The second-order valence-corrected chi connectivity index (χ2v) is 6.73. The number of benzene rings is 1. The van der Waals surface area contributed by atoms with E-state index >= 15 is 0 Å². The highest BCUT2D eigenvalue weighted by Crippen LogP contribution is 2.31. The van der Waals surface area contributed by atoms with Crippen molar-refractivity contribution < 1.29 is 9.53 Å². The molecule has 2 aliphatic rings. The Kier molecular flexibility index (Phi) is 4.93. The Bertz CT molecular complexity index is 678. The first kappa shape index (κ1) is 16.6. The van der Waals surface area contributed by atoms with Gasteiger partial charge in [-0.2, -0.15) is 0 Å². The number of carbonyl (C=O) groups excluding carboxylic acids is 1. The van der Waals surface area contributed by atoms with Crippen LogP contribution in [0.25, 0.3) is 0 Å². The van der Waals surface area contributed by atoms with Crippen LogP contribution in [-0.4, -0.2) is 49.5 Å². The molecule has 2 aliphatic heterocycles. The van der Waals surface area contributed by atoms with Crippen LogP contribution < -0.4 is 4.74 Å². The van der Waals surface area contributed by atoms with Gasteiger partial charge in [-0.25, -0.2) is 0 Å². The highest BCUT2D eigenvalue weighted by Gasteiger charge is 2.27. The summed E-state index contributed by atoms with van der Waals surface area (Å²) in [5, 5.41) is 0. The maximum Gasteiger partial charge on any atom is 0.253 e. The molecule has 2 heterocycles. The zero-order valence-electron chi connectivity index (χ0n) is 14.8. The van der Waals surface area contributed by atoms with E-state index in [0.29, 0.717) is 5.92 Å². The summed E-state index contributed by atoms with van der Waals surface area (Å²) in [6.07, 6.45) is 8.11. The highest BCUT2D eigenvalue weighted by molar-refractivity contribution is 5.96. The molecule has 0 aliphatic carbocycles. The van der Waals surface area contributed by atoms with Crippen molar-refractivity contribution in [2.45, 2.75) is 25.7 Å². The van der Waals surface area contributed by atoms with Gasteiger partial charge in [0.15, 0.2) is 0 Å². The summed E-state index contributed by atoms with van der Waals surface area (Å²) in [4.78, 5) is 16.9. The van der Waals surface area contributed by atoms with Crippen molar-refractivity contribution >= 4 is 5.91 Å². The number of aryl methyl sites for hydroxylation is 1. The van der Waals surface area contributed by atoms with E-state index in [1.165, 1.54) is 11.1 Å². The van der Waals surface area contributed by atoms with Gasteiger partial charge >= 0.3 is 0 Å². The third kappa shape index (κ3) is 3.48. The van der Waals surface area contributed by atoms with E-state index in [1.807, 2.05) is 36.4 Å². The lowest BCUT2D eigenvalue weighted by atomic mass is 9.87. The Morgan fingerprint density at radius 1 is 1.33 bits per heavy atom. The quantitative estimate of drug-likeness (QED) is 0.856. The summed E-state index contributed by atoms with van der Waals surface area (Å²) in [5.41, 5.74) is 3.40. The van der Waals surface area contributed by atoms with Crippen LogP contribution in [0.15, 0.2) is 42.1 Å². The van der Waals surface area contributed by atoms with Gasteiger partial charge in [0.05, 0.1) is 7.11 Å². The van der Waals surface area contributed by atoms with Crippen LogP contribution in [0.1, 0.15) is 29.9 Å².